The average Bonchev–Trinajstić information content (AvgIpc) is 2.34. The van der Waals surface area contributed by atoms with Crippen LogP contribution >= 0.6 is 11.6 Å². The van der Waals surface area contributed by atoms with E-state index in [-0.39, 0.29) is 23.5 Å². The second-order valence-electron chi connectivity index (χ2n) is 6.59. The second-order valence-corrected chi connectivity index (χ2v) is 7.00. The van der Waals surface area contributed by atoms with Crippen molar-refractivity contribution in [2.75, 3.05) is 0 Å². The molecule has 0 aliphatic carbocycles. The Hall–Kier alpha value is -1.06. The van der Waals surface area contributed by atoms with E-state index in [9.17, 15) is 4.79 Å². The highest BCUT2D eigenvalue weighted by Crippen LogP contribution is 2.37. The van der Waals surface area contributed by atoms with Gasteiger partial charge in [0, 0.05) is 23.0 Å². The number of piperidine rings is 1. The van der Waals surface area contributed by atoms with Gasteiger partial charge in [0.05, 0.1) is 6.04 Å². The highest BCUT2D eigenvalue weighted by atomic mass is 35.5. The van der Waals surface area contributed by atoms with E-state index >= 15 is 0 Å². The number of aryl methyl sites for hydroxylation is 1. The lowest BCUT2D eigenvalue weighted by molar-refractivity contribution is -0.144. The third-order valence-corrected chi connectivity index (χ3v) is 4.31. The van der Waals surface area contributed by atoms with E-state index in [2.05, 4.69) is 0 Å². The van der Waals surface area contributed by atoms with E-state index in [1.165, 1.54) is 0 Å². The first-order valence-electron chi connectivity index (χ1n) is 7.05. The Morgan fingerprint density at radius 2 is 2.00 bits per heavy atom. The summed E-state index contributed by atoms with van der Waals surface area (Å²) in [6.07, 6.45) is 1.25. The number of carbonyl (C=O) groups is 1. The van der Waals surface area contributed by atoms with Gasteiger partial charge in [-0.2, -0.15) is 0 Å². The van der Waals surface area contributed by atoms with Crippen LogP contribution in [0.5, 0.6) is 0 Å². The first kappa shape index (κ1) is 15.3. The number of rotatable bonds is 1. The van der Waals surface area contributed by atoms with Gasteiger partial charge >= 0.3 is 0 Å². The Morgan fingerprint density at radius 1 is 1.35 bits per heavy atom. The van der Waals surface area contributed by atoms with Crippen molar-refractivity contribution in [3.63, 3.8) is 0 Å². The summed E-state index contributed by atoms with van der Waals surface area (Å²) in [5.41, 5.74) is 8.12. The summed E-state index contributed by atoms with van der Waals surface area (Å²) in [6.45, 7) is 8.11. The van der Waals surface area contributed by atoms with Gasteiger partial charge < -0.3 is 10.6 Å². The Kier molecular flexibility index (Phi) is 4.12. The van der Waals surface area contributed by atoms with Crippen LogP contribution in [-0.4, -0.2) is 22.4 Å². The molecule has 1 aromatic carbocycles. The first-order chi connectivity index (χ1) is 9.21. The number of amides is 1. The van der Waals surface area contributed by atoms with E-state index in [1.54, 1.807) is 0 Å². The fourth-order valence-electron chi connectivity index (χ4n) is 2.90. The van der Waals surface area contributed by atoms with Crippen LogP contribution in [0.15, 0.2) is 18.2 Å². The number of nitrogens with zero attached hydrogens (tertiary/aromatic N) is 1. The molecule has 2 N–H and O–H groups in total. The first-order valence-corrected chi connectivity index (χ1v) is 7.43. The molecule has 2 rings (SSSR count). The Morgan fingerprint density at radius 3 is 2.55 bits per heavy atom. The summed E-state index contributed by atoms with van der Waals surface area (Å²) < 4.78 is 0. The molecular formula is C16H23ClN2O. The van der Waals surface area contributed by atoms with Gasteiger partial charge in [0.25, 0.3) is 0 Å². The fraction of sp³-hybridized carbons (Fsp3) is 0.562. The summed E-state index contributed by atoms with van der Waals surface area (Å²) in [7, 11) is 0. The molecule has 4 heteroatoms. The molecule has 20 heavy (non-hydrogen) atoms. The number of hydrogen-bond acceptors (Lipinski definition) is 2. The smallest absolute Gasteiger partial charge is 0.223 e. The van der Waals surface area contributed by atoms with Crippen molar-refractivity contribution in [3.8, 4) is 0 Å². The van der Waals surface area contributed by atoms with Gasteiger partial charge in [-0.05, 0) is 51.3 Å². The maximum atomic E-state index is 12.4. The van der Waals surface area contributed by atoms with Crippen molar-refractivity contribution in [1.29, 1.82) is 0 Å². The standard InChI is InChI=1S/C16H23ClN2O/c1-10-5-6-11(9-12(10)17)15-13(18)7-8-14(20)19(15)16(2,3)4/h5-6,9,13,15H,7-8,18H2,1-4H3. The number of halogens is 1. The normalized spacial score (nSPS) is 24.1. The molecule has 1 saturated heterocycles. The molecule has 0 bridgehead atoms. The van der Waals surface area contributed by atoms with Crippen LogP contribution in [0.3, 0.4) is 0 Å². The Balaban J connectivity index is 2.47. The third-order valence-electron chi connectivity index (χ3n) is 3.90. The predicted molar refractivity (Wildman–Crippen MR) is 82.7 cm³/mol. The van der Waals surface area contributed by atoms with Gasteiger partial charge in [-0.15, -0.1) is 0 Å². The van der Waals surface area contributed by atoms with Gasteiger partial charge in [0.2, 0.25) is 5.91 Å². The van der Waals surface area contributed by atoms with Crippen LogP contribution in [0, 0.1) is 6.92 Å². The summed E-state index contributed by atoms with van der Waals surface area (Å²) in [6, 6.07) is 5.81. The lowest BCUT2D eigenvalue weighted by Crippen LogP contribution is -2.56. The lowest BCUT2D eigenvalue weighted by Gasteiger charge is -2.47. The van der Waals surface area contributed by atoms with E-state index in [0.29, 0.717) is 6.42 Å². The van der Waals surface area contributed by atoms with Crippen molar-refractivity contribution in [2.24, 2.45) is 5.73 Å². The minimum atomic E-state index is -0.253. The summed E-state index contributed by atoms with van der Waals surface area (Å²) in [5.74, 6) is 0.167. The van der Waals surface area contributed by atoms with Crippen LogP contribution in [0.1, 0.15) is 50.8 Å². The maximum Gasteiger partial charge on any atom is 0.223 e. The predicted octanol–water partition coefficient (Wildman–Crippen LogP) is 3.44. The van der Waals surface area contributed by atoms with Crippen molar-refractivity contribution < 1.29 is 4.79 Å². The lowest BCUT2D eigenvalue weighted by atomic mass is 9.86. The van der Waals surface area contributed by atoms with Gasteiger partial charge in [-0.1, -0.05) is 23.7 Å². The van der Waals surface area contributed by atoms with Gasteiger partial charge in [0.15, 0.2) is 0 Å². The third kappa shape index (κ3) is 2.84. The van der Waals surface area contributed by atoms with E-state index in [1.807, 2.05) is 50.8 Å². The fourth-order valence-corrected chi connectivity index (χ4v) is 3.08. The van der Waals surface area contributed by atoms with E-state index in [4.69, 9.17) is 17.3 Å². The highest BCUT2D eigenvalue weighted by molar-refractivity contribution is 6.31. The largest absolute Gasteiger partial charge is 0.329 e. The van der Waals surface area contributed by atoms with Crippen molar-refractivity contribution in [2.45, 2.75) is 58.2 Å². The van der Waals surface area contributed by atoms with Crippen LogP contribution < -0.4 is 5.73 Å². The number of nitrogens with two attached hydrogens (primary N) is 1. The molecule has 1 aliphatic rings. The molecule has 1 amide bonds. The van der Waals surface area contributed by atoms with Crippen LogP contribution in [0.4, 0.5) is 0 Å². The number of benzene rings is 1. The van der Waals surface area contributed by atoms with Crippen LogP contribution in [-0.2, 0) is 4.79 Å². The number of carbonyl (C=O) groups excluding carboxylic acids is 1. The molecule has 3 nitrogen and oxygen atoms in total. The molecule has 0 radical (unpaired) electrons. The minimum Gasteiger partial charge on any atom is -0.329 e. The highest BCUT2D eigenvalue weighted by Gasteiger charge is 2.40. The summed E-state index contributed by atoms with van der Waals surface area (Å²) in [5, 5.41) is 0.724. The zero-order valence-corrected chi connectivity index (χ0v) is 13.4. The Bertz CT molecular complexity index is 522. The molecule has 2 atom stereocenters. The van der Waals surface area contributed by atoms with Gasteiger partial charge in [0.1, 0.15) is 0 Å². The van der Waals surface area contributed by atoms with Crippen molar-refractivity contribution >= 4 is 17.5 Å². The summed E-state index contributed by atoms with van der Waals surface area (Å²) in [4.78, 5) is 14.3. The van der Waals surface area contributed by atoms with Crippen LogP contribution in [0.2, 0.25) is 5.02 Å². The zero-order valence-electron chi connectivity index (χ0n) is 12.6. The van der Waals surface area contributed by atoms with Gasteiger partial charge in [-0.25, -0.2) is 0 Å². The average molecular weight is 295 g/mol. The number of likely N-dealkylation sites (tertiary alicyclic amines) is 1. The Labute approximate surface area is 126 Å². The zero-order chi connectivity index (χ0) is 15.1. The summed E-state index contributed by atoms with van der Waals surface area (Å²) >= 11 is 6.23. The quantitative estimate of drug-likeness (QED) is 0.862. The molecule has 0 saturated carbocycles. The van der Waals surface area contributed by atoms with E-state index < -0.39 is 0 Å². The molecule has 1 fully saturated rings. The molecule has 0 aromatic heterocycles. The van der Waals surface area contributed by atoms with Crippen LogP contribution in [0.25, 0.3) is 0 Å². The SMILES string of the molecule is Cc1ccc(C2C(N)CCC(=O)N2C(C)(C)C)cc1Cl. The molecule has 1 aromatic rings. The second kappa shape index (κ2) is 5.38. The van der Waals surface area contributed by atoms with Crippen molar-refractivity contribution in [1.82, 2.24) is 4.90 Å². The minimum absolute atomic E-state index is 0.0503. The molecule has 0 spiro atoms. The topological polar surface area (TPSA) is 46.3 Å². The van der Waals surface area contributed by atoms with Gasteiger partial charge in [-0.3, -0.25) is 4.79 Å². The van der Waals surface area contributed by atoms with Crippen molar-refractivity contribution in [3.05, 3.63) is 34.3 Å². The maximum absolute atomic E-state index is 12.4. The monoisotopic (exact) mass is 294 g/mol. The molecule has 2 unspecified atom stereocenters. The molecule has 110 valence electrons. The van der Waals surface area contributed by atoms with E-state index in [0.717, 1.165) is 22.6 Å². The number of hydrogen-bond donors (Lipinski definition) is 1. The molecule has 1 heterocycles. The molecular weight excluding hydrogens is 272 g/mol. The molecule has 1 aliphatic heterocycles.